The molecule has 0 spiro atoms. The van der Waals surface area contributed by atoms with Crippen molar-refractivity contribution < 1.29 is 13.9 Å². The molecule has 4 nitrogen and oxygen atoms in total. The third-order valence-electron chi connectivity index (χ3n) is 5.27. The van der Waals surface area contributed by atoms with Gasteiger partial charge < -0.3 is 9.15 Å². The molecule has 0 radical (unpaired) electrons. The first-order valence-electron chi connectivity index (χ1n) is 9.44. The van der Waals surface area contributed by atoms with Gasteiger partial charge in [0.25, 0.3) is 0 Å². The van der Waals surface area contributed by atoms with Gasteiger partial charge in [-0.15, -0.1) is 11.8 Å². The average Bonchev–Trinajstić information content (AvgIpc) is 3.12. The highest BCUT2D eigenvalue weighted by Gasteiger charge is 2.16. The fourth-order valence-electron chi connectivity index (χ4n) is 3.56. The summed E-state index contributed by atoms with van der Waals surface area (Å²) in [4.78, 5) is 25.2. The number of carbonyl (C=O) groups is 1. The minimum Gasteiger partial charge on any atom is -0.460 e. The predicted octanol–water partition coefficient (Wildman–Crippen LogP) is 4.73. The van der Waals surface area contributed by atoms with E-state index in [0.29, 0.717) is 11.1 Å². The van der Waals surface area contributed by atoms with Crippen LogP contribution < -0.4 is 5.63 Å². The van der Waals surface area contributed by atoms with Gasteiger partial charge in [0.2, 0.25) is 0 Å². The van der Waals surface area contributed by atoms with Gasteiger partial charge in [0, 0.05) is 21.9 Å². The molecular formula is C23H22O4S. The number of fused-ring (bicyclic) bond motifs is 2. The standard InChI is InChI=1S/C23H22O4S/c1-14-6-7-19(8-15(14)2)28-13-23(25)26-12-18-11-22(24)27-21-10-17-5-3-4-16(17)9-20(18)21/h6-11H,3-5,12-13H2,1-2H3. The monoisotopic (exact) mass is 394 g/mol. The molecule has 0 bridgehead atoms. The Bertz CT molecular complexity index is 1110. The predicted molar refractivity (Wildman–Crippen MR) is 111 cm³/mol. The summed E-state index contributed by atoms with van der Waals surface area (Å²) < 4.78 is 10.8. The van der Waals surface area contributed by atoms with Crippen molar-refractivity contribution in [2.24, 2.45) is 0 Å². The van der Waals surface area contributed by atoms with Crippen LogP contribution in [0.25, 0.3) is 11.0 Å². The molecule has 0 saturated heterocycles. The van der Waals surface area contributed by atoms with Gasteiger partial charge in [-0.3, -0.25) is 4.79 Å². The molecule has 0 N–H and O–H groups in total. The maximum absolute atomic E-state index is 12.2. The molecule has 144 valence electrons. The van der Waals surface area contributed by atoms with Gasteiger partial charge in [0.05, 0.1) is 5.75 Å². The van der Waals surface area contributed by atoms with Crippen molar-refractivity contribution in [2.75, 3.05) is 5.75 Å². The molecule has 3 aromatic rings. The van der Waals surface area contributed by atoms with Crippen molar-refractivity contribution in [3.05, 3.63) is 74.6 Å². The molecule has 4 rings (SSSR count). The quantitative estimate of drug-likeness (QED) is 0.356. The second kappa shape index (κ2) is 7.84. The Kier molecular flexibility index (Phi) is 5.27. The van der Waals surface area contributed by atoms with Crippen LogP contribution in [0.15, 0.2) is 50.5 Å². The summed E-state index contributed by atoms with van der Waals surface area (Å²) in [5.41, 5.74) is 5.82. The molecule has 1 aliphatic rings. The summed E-state index contributed by atoms with van der Waals surface area (Å²) in [6.07, 6.45) is 3.18. The molecular weight excluding hydrogens is 372 g/mol. The largest absolute Gasteiger partial charge is 0.460 e. The fourth-order valence-corrected chi connectivity index (χ4v) is 4.35. The van der Waals surface area contributed by atoms with E-state index in [-0.39, 0.29) is 18.3 Å². The van der Waals surface area contributed by atoms with Gasteiger partial charge in [-0.05, 0) is 79.6 Å². The second-order valence-electron chi connectivity index (χ2n) is 7.26. The van der Waals surface area contributed by atoms with Crippen LogP contribution in [0.5, 0.6) is 0 Å². The highest BCUT2D eigenvalue weighted by molar-refractivity contribution is 8.00. The molecule has 5 heteroatoms. The number of ether oxygens (including phenoxy) is 1. The number of esters is 1. The molecule has 0 fully saturated rings. The van der Waals surface area contributed by atoms with E-state index in [9.17, 15) is 9.59 Å². The van der Waals surface area contributed by atoms with E-state index in [1.807, 2.05) is 12.1 Å². The lowest BCUT2D eigenvalue weighted by molar-refractivity contribution is -0.141. The van der Waals surface area contributed by atoms with Crippen LogP contribution in [0.3, 0.4) is 0 Å². The third-order valence-corrected chi connectivity index (χ3v) is 6.23. The van der Waals surface area contributed by atoms with Crippen LogP contribution >= 0.6 is 11.8 Å². The number of carbonyl (C=O) groups excluding carboxylic acids is 1. The number of hydrogen-bond acceptors (Lipinski definition) is 5. The summed E-state index contributed by atoms with van der Waals surface area (Å²) in [6, 6.07) is 11.6. The SMILES string of the molecule is Cc1ccc(SCC(=O)OCc2cc(=O)oc3cc4c(cc23)CCC4)cc1C. The highest BCUT2D eigenvalue weighted by atomic mass is 32.2. The van der Waals surface area contributed by atoms with Crippen molar-refractivity contribution in [1.29, 1.82) is 0 Å². The number of hydrogen-bond donors (Lipinski definition) is 0. The number of rotatable bonds is 5. The van der Waals surface area contributed by atoms with Crippen LogP contribution in [-0.2, 0) is 29.0 Å². The van der Waals surface area contributed by atoms with Crippen LogP contribution in [0.1, 0.15) is 34.2 Å². The van der Waals surface area contributed by atoms with Gasteiger partial charge in [-0.1, -0.05) is 6.07 Å². The van der Waals surface area contributed by atoms with E-state index in [1.54, 1.807) is 0 Å². The fraction of sp³-hybridized carbons (Fsp3) is 0.304. The molecule has 0 aliphatic heterocycles. The molecule has 0 amide bonds. The summed E-state index contributed by atoms with van der Waals surface area (Å²) in [5, 5.41) is 0.856. The molecule has 2 aromatic carbocycles. The van der Waals surface area contributed by atoms with Crippen molar-refractivity contribution in [2.45, 2.75) is 44.6 Å². The van der Waals surface area contributed by atoms with Crippen molar-refractivity contribution >= 4 is 28.7 Å². The third kappa shape index (κ3) is 3.99. The Morgan fingerprint density at radius 2 is 1.86 bits per heavy atom. The summed E-state index contributed by atoms with van der Waals surface area (Å²) in [7, 11) is 0. The molecule has 28 heavy (non-hydrogen) atoms. The minimum absolute atomic E-state index is 0.0766. The lowest BCUT2D eigenvalue weighted by atomic mass is 10.0. The van der Waals surface area contributed by atoms with Crippen LogP contribution in [0.2, 0.25) is 0 Å². The summed E-state index contributed by atoms with van der Waals surface area (Å²) in [6.45, 7) is 4.20. The van der Waals surface area contributed by atoms with E-state index in [0.717, 1.165) is 29.5 Å². The normalized spacial score (nSPS) is 12.9. The zero-order chi connectivity index (χ0) is 19.7. The maximum Gasteiger partial charge on any atom is 0.336 e. The highest BCUT2D eigenvalue weighted by Crippen LogP contribution is 2.29. The lowest BCUT2D eigenvalue weighted by Gasteiger charge is -2.09. The summed E-state index contributed by atoms with van der Waals surface area (Å²) in [5.74, 6) is -0.0668. The van der Waals surface area contributed by atoms with Gasteiger partial charge in [-0.25, -0.2) is 4.79 Å². The van der Waals surface area contributed by atoms with E-state index in [1.165, 1.54) is 40.1 Å². The molecule has 0 atom stereocenters. The number of benzene rings is 2. The first kappa shape index (κ1) is 18.8. The topological polar surface area (TPSA) is 56.5 Å². The molecule has 1 heterocycles. The maximum atomic E-state index is 12.2. The van der Waals surface area contributed by atoms with Crippen molar-refractivity contribution in [3.8, 4) is 0 Å². The van der Waals surface area contributed by atoms with E-state index >= 15 is 0 Å². The lowest BCUT2D eigenvalue weighted by Crippen LogP contribution is -2.09. The van der Waals surface area contributed by atoms with Crippen LogP contribution in [0.4, 0.5) is 0 Å². The zero-order valence-corrected chi connectivity index (χ0v) is 16.9. The molecule has 1 aliphatic carbocycles. The average molecular weight is 394 g/mol. The van der Waals surface area contributed by atoms with Crippen molar-refractivity contribution in [3.63, 3.8) is 0 Å². The van der Waals surface area contributed by atoms with Crippen LogP contribution in [-0.4, -0.2) is 11.7 Å². The van der Waals surface area contributed by atoms with E-state index < -0.39 is 5.63 Å². The first-order chi connectivity index (χ1) is 13.5. The number of thioether (sulfide) groups is 1. The number of aryl methyl sites for hydroxylation is 4. The second-order valence-corrected chi connectivity index (χ2v) is 8.31. The van der Waals surface area contributed by atoms with Gasteiger partial charge in [0.15, 0.2) is 0 Å². The van der Waals surface area contributed by atoms with E-state index in [2.05, 4.69) is 32.0 Å². The van der Waals surface area contributed by atoms with Gasteiger partial charge in [-0.2, -0.15) is 0 Å². The van der Waals surface area contributed by atoms with Crippen molar-refractivity contribution in [1.82, 2.24) is 0 Å². The molecule has 0 unspecified atom stereocenters. The Balaban J connectivity index is 1.45. The Morgan fingerprint density at radius 1 is 1.07 bits per heavy atom. The zero-order valence-electron chi connectivity index (χ0n) is 16.0. The Hall–Kier alpha value is -2.53. The first-order valence-corrected chi connectivity index (χ1v) is 10.4. The Morgan fingerprint density at radius 3 is 2.64 bits per heavy atom. The summed E-state index contributed by atoms with van der Waals surface area (Å²) >= 11 is 1.45. The van der Waals surface area contributed by atoms with Gasteiger partial charge >= 0.3 is 11.6 Å². The van der Waals surface area contributed by atoms with Gasteiger partial charge in [0.1, 0.15) is 12.2 Å². The van der Waals surface area contributed by atoms with Crippen LogP contribution in [0, 0.1) is 13.8 Å². The van der Waals surface area contributed by atoms with E-state index in [4.69, 9.17) is 9.15 Å². The molecule has 1 aromatic heterocycles. The smallest absolute Gasteiger partial charge is 0.336 e. The Labute approximate surface area is 167 Å². The minimum atomic E-state index is -0.416. The molecule has 0 saturated carbocycles.